The Morgan fingerprint density at radius 1 is 1.22 bits per heavy atom. The van der Waals surface area contributed by atoms with Crippen LogP contribution in [0.25, 0.3) is 0 Å². The summed E-state index contributed by atoms with van der Waals surface area (Å²) >= 11 is 0. The van der Waals surface area contributed by atoms with E-state index in [0.29, 0.717) is 12.4 Å². The molecule has 0 fully saturated rings. The molecular formula is C13H14N2O3. The first-order chi connectivity index (χ1) is 8.72. The lowest BCUT2D eigenvalue weighted by Gasteiger charge is -2.04. The van der Waals surface area contributed by atoms with Crippen LogP contribution in [0.2, 0.25) is 0 Å². The van der Waals surface area contributed by atoms with Gasteiger partial charge in [-0.3, -0.25) is 0 Å². The van der Waals surface area contributed by atoms with Gasteiger partial charge in [0.25, 0.3) is 0 Å². The number of aromatic nitrogens is 1. The second kappa shape index (κ2) is 4.25. The predicted molar refractivity (Wildman–Crippen MR) is 65.9 cm³/mol. The summed E-state index contributed by atoms with van der Waals surface area (Å²) in [5.74, 6) is 3.09. The van der Waals surface area contributed by atoms with Crippen molar-refractivity contribution >= 4 is 5.69 Å². The normalized spacial score (nSPS) is 12.8. The topological polar surface area (TPSA) is 56.5 Å². The van der Waals surface area contributed by atoms with E-state index in [-0.39, 0.29) is 6.79 Å². The zero-order valence-corrected chi connectivity index (χ0v) is 10.3. The number of benzene rings is 1. The molecule has 0 radical (unpaired) electrons. The molecular weight excluding hydrogens is 232 g/mol. The van der Waals surface area contributed by atoms with E-state index in [1.165, 1.54) is 0 Å². The summed E-state index contributed by atoms with van der Waals surface area (Å²) < 4.78 is 16.1. The fraction of sp³-hybridized carbons (Fsp3) is 0.308. The Kier molecular flexibility index (Phi) is 2.59. The second-order valence-electron chi connectivity index (χ2n) is 4.17. The van der Waals surface area contributed by atoms with Gasteiger partial charge in [-0.1, -0.05) is 0 Å². The Morgan fingerprint density at radius 3 is 2.83 bits per heavy atom. The molecule has 1 aliphatic rings. The lowest BCUT2D eigenvalue weighted by molar-refractivity contribution is 0.174. The highest BCUT2D eigenvalue weighted by Crippen LogP contribution is 2.34. The number of aryl methyl sites for hydroxylation is 2. The number of hydrogen-bond acceptors (Lipinski definition) is 5. The van der Waals surface area contributed by atoms with Crippen molar-refractivity contribution in [1.82, 2.24) is 4.98 Å². The Labute approximate surface area is 105 Å². The Balaban J connectivity index is 1.70. The van der Waals surface area contributed by atoms with Crippen molar-refractivity contribution in [2.24, 2.45) is 0 Å². The summed E-state index contributed by atoms with van der Waals surface area (Å²) in [7, 11) is 0. The fourth-order valence-corrected chi connectivity index (χ4v) is 1.80. The van der Waals surface area contributed by atoms with Crippen molar-refractivity contribution in [1.29, 1.82) is 0 Å². The Morgan fingerprint density at radius 2 is 2.06 bits per heavy atom. The van der Waals surface area contributed by atoms with Gasteiger partial charge in [-0.2, -0.15) is 0 Å². The summed E-state index contributed by atoms with van der Waals surface area (Å²) in [4.78, 5) is 4.31. The molecule has 2 aromatic rings. The molecule has 0 amide bonds. The van der Waals surface area contributed by atoms with Gasteiger partial charge in [0.2, 0.25) is 12.7 Å². The van der Waals surface area contributed by atoms with Crippen LogP contribution >= 0.6 is 0 Å². The number of rotatable bonds is 3. The highest BCUT2D eigenvalue weighted by Gasteiger charge is 2.13. The summed E-state index contributed by atoms with van der Waals surface area (Å²) in [6.45, 7) is 4.68. The predicted octanol–water partition coefficient (Wildman–Crippen LogP) is 2.63. The fourth-order valence-electron chi connectivity index (χ4n) is 1.80. The molecule has 0 unspecified atom stereocenters. The molecule has 18 heavy (non-hydrogen) atoms. The molecule has 0 atom stereocenters. The summed E-state index contributed by atoms with van der Waals surface area (Å²) in [5, 5.41) is 3.24. The number of anilines is 1. The van der Waals surface area contributed by atoms with Crippen molar-refractivity contribution in [3.63, 3.8) is 0 Å². The van der Waals surface area contributed by atoms with Crippen LogP contribution in [0.4, 0.5) is 5.69 Å². The number of nitrogens with one attached hydrogen (secondary N) is 1. The molecule has 1 aromatic carbocycles. The van der Waals surface area contributed by atoms with Crippen molar-refractivity contribution in [3.8, 4) is 11.5 Å². The molecule has 94 valence electrons. The van der Waals surface area contributed by atoms with Crippen LogP contribution in [-0.4, -0.2) is 11.8 Å². The second-order valence-corrected chi connectivity index (χ2v) is 4.17. The number of fused-ring (bicyclic) bond motifs is 1. The van der Waals surface area contributed by atoms with E-state index >= 15 is 0 Å². The zero-order chi connectivity index (χ0) is 12.5. The molecule has 0 saturated heterocycles. The van der Waals surface area contributed by atoms with Gasteiger partial charge in [-0.15, -0.1) is 0 Å². The molecule has 0 aliphatic carbocycles. The SMILES string of the molecule is Cc1nc(CNc2ccc3c(c2)OCO3)oc1C. The maximum absolute atomic E-state index is 5.50. The van der Waals surface area contributed by atoms with E-state index < -0.39 is 0 Å². The lowest BCUT2D eigenvalue weighted by atomic mass is 10.3. The van der Waals surface area contributed by atoms with Crippen molar-refractivity contribution in [2.45, 2.75) is 20.4 Å². The van der Waals surface area contributed by atoms with Crippen molar-refractivity contribution in [2.75, 3.05) is 12.1 Å². The first-order valence-corrected chi connectivity index (χ1v) is 5.79. The quantitative estimate of drug-likeness (QED) is 0.902. The smallest absolute Gasteiger partial charge is 0.231 e. The number of hydrogen-bond donors (Lipinski definition) is 1. The van der Waals surface area contributed by atoms with Gasteiger partial charge < -0.3 is 19.2 Å². The van der Waals surface area contributed by atoms with Gasteiger partial charge in [0.15, 0.2) is 11.5 Å². The highest BCUT2D eigenvalue weighted by molar-refractivity contribution is 5.55. The van der Waals surface area contributed by atoms with Gasteiger partial charge in [0.1, 0.15) is 5.76 Å². The molecule has 1 aromatic heterocycles. The van der Waals surface area contributed by atoms with E-state index in [9.17, 15) is 0 Å². The van der Waals surface area contributed by atoms with E-state index in [2.05, 4.69) is 10.3 Å². The monoisotopic (exact) mass is 246 g/mol. The molecule has 0 saturated carbocycles. The molecule has 5 nitrogen and oxygen atoms in total. The maximum Gasteiger partial charge on any atom is 0.231 e. The van der Waals surface area contributed by atoms with Gasteiger partial charge in [-0.25, -0.2) is 4.98 Å². The molecule has 2 heterocycles. The minimum absolute atomic E-state index is 0.289. The van der Waals surface area contributed by atoms with Crippen LogP contribution in [0.1, 0.15) is 17.3 Å². The van der Waals surface area contributed by atoms with Crippen LogP contribution in [0, 0.1) is 13.8 Å². The average Bonchev–Trinajstić information content (AvgIpc) is 2.94. The largest absolute Gasteiger partial charge is 0.454 e. The van der Waals surface area contributed by atoms with Gasteiger partial charge in [-0.05, 0) is 26.0 Å². The van der Waals surface area contributed by atoms with E-state index in [1.54, 1.807) is 0 Å². The number of ether oxygens (including phenoxy) is 2. The van der Waals surface area contributed by atoms with E-state index in [4.69, 9.17) is 13.9 Å². The summed E-state index contributed by atoms with van der Waals surface area (Å²) in [6.07, 6.45) is 0. The van der Waals surface area contributed by atoms with Gasteiger partial charge in [0, 0.05) is 11.8 Å². The lowest BCUT2D eigenvalue weighted by Crippen LogP contribution is -1.99. The number of oxazole rings is 1. The van der Waals surface area contributed by atoms with Gasteiger partial charge in [0.05, 0.1) is 12.2 Å². The van der Waals surface area contributed by atoms with Gasteiger partial charge >= 0.3 is 0 Å². The van der Waals surface area contributed by atoms with Crippen molar-refractivity contribution < 1.29 is 13.9 Å². The molecule has 1 aliphatic heterocycles. The molecule has 1 N–H and O–H groups in total. The van der Waals surface area contributed by atoms with Crippen molar-refractivity contribution in [3.05, 3.63) is 35.5 Å². The highest BCUT2D eigenvalue weighted by atomic mass is 16.7. The molecule has 0 spiro atoms. The molecule has 5 heteroatoms. The Bertz CT molecular complexity index is 558. The zero-order valence-electron chi connectivity index (χ0n) is 10.3. The van der Waals surface area contributed by atoms with Crippen LogP contribution in [0.15, 0.2) is 22.6 Å². The maximum atomic E-state index is 5.50. The first kappa shape index (κ1) is 11.0. The minimum Gasteiger partial charge on any atom is -0.454 e. The van der Waals surface area contributed by atoms with Crippen LogP contribution in [0.5, 0.6) is 11.5 Å². The summed E-state index contributed by atoms with van der Waals surface area (Å²) in [5.41, 5.74) is 1.88. The van der Waals surface area contributed by atoms with E-state index in [0.717, 1.165) is 28.6 Å². The Hall–Kier alpha value is -2.17. The number of nitrogens with zero attached hydrogens (tertiary/aromatic N) is 1. The van der Waals surface area contributed by atoms with E-state index in [1.807, 2.05) is 32.0 Å². The molecule has 0 bridgehead atoms. The third-order valence-corrected chi connectivity index (χ3v) is 2.89. The minimum atomic E-state index is 0.289. The van der Waals surface area contributed by atoms with Crippen LogP contribution in [0.3, 0.4) is 0 Å². The third kappa shape index (κ3) is 1.99. The standard InChI is InChI=1S/C13H14N2O3/c1-8-9(2)18-13(15-8)6-14-10-3-4-11-12(5-10)17-7-16-11/h3-5,14H,6-7H2,1-2H3. The first-order valence-electron chi connectivity index (χ1n) is 5.79. The molecule has 3 rings (SSSR count). The van der Waals surface area contributed by atoms with Crippen LogP contribution < -0.4 is 14.8 Å². The third-order valence-electron chi connectivity index (χ3n) is 2.89. The average molecular weight is 246 g/mol. The van der Waals surface area contributed by atoms with Crippen LogP contribution in [-0.2, 0) is 6.54 Å². The summed E-state index contributed by atoms with van der Waals surface area (Å²) in [6, 6.07) is 5.73.